The molecule has 1 aromatic carbocycles. The highest BCUT2D eigenvalue weighted by Crippen LogP contribution is 2.17. The molecule has 5 heteroatoms. The van der Waals surface area contributed by atoms with Crippen LogP contribution in [0.3, 0.4) is 0 Å². The van der Waals surface area contributed by atoms with Crippen LogP contribution in [0, 0.1) is 18.8 Å². The number of morpholine rings is 1. The summed E-state index contributed by atoms with van der Waals surface area (Å²) in [5, 5.41) is 2.77. The summed E-state index contributed by atoms with van der Waals surface area (Å²) >= 11 is 0. The Morgan fingerprint density at radius 3 is 2.67 bits per heavy atom. The number of nitrogens with one attached hydrogen (secondary N) is 1. The molecule has 1 fully saturated rings. The third kappa shape index (κ3) is 6.23. The van der Waals surface area contributed by atoms with E-state index in [1.54, 1.807) is 0 Å². The lowest BCUT2D eigenvalue weighted by Crippen LogP contribution is -2.36. The Balaban J connectivity index is 1.93. The van der Waals surface area contributed by atoms with Gasteiger partial charge < -0.3 is 9.47 Å². The van der Waals surface area contributed by atoms with E-state index in [-0.39, 0.29) is 0 Å². The number of nitrogens with zero attached hydrogens (tertiary/aromatic N) is 1. The van der Waals surface area contributed by atoms with E-state index in [4.69, 9.17) is 9.47 Å². The number of amides is 1. The number of carbonyl (C=O) groups excluding carboxylic acids is 1. The van der Waals surface area contributed by atoms with E-state index in [2.05, 4.69) is 22.1 Å². The summed E-state index contributed by atoms with van der Waals surface area (Å²) < 4.78 is 10.6. The van der Waals surface area contributed by atoms with Gasteiger partial charge in [-0.1, -0.05) is 11.8 Å². The van der Waals surface area contributed by atoms with Crippen LogP contribution < -0.4 is 5.32 Å². The zero-order chi connectivity index (χ0) is 17.6. The second-order valence-electron chi connectivity index (χ2n) is 6.85. The van der Waals surface area contributed by atoms with E-state index < -0.39 is 11.7 Å². The van der Waals surface area contributed by atoms with Crippen LogP contribution in [0.15, 0.2) is 18.2 Å². The van der Waals surface area contributed by atoms with Crippen molar-refractivity contribution in [2.75, 3.05) is 38.2 Å². The lowest BCUT2D eigenvalue weighted by Gasteiger charge is -2.24. The van der Waals surface area contributed by atoms with Crippen LogP contribution in [0.2, 0.25) is 0 Å². The molecule has 5 nitrogen and oxygen atoms in total. The lowest BCUT2D eigenvalue weighted by molar-refractivity contribution is 0.0443. The second kappa shape index (κ2) is 8.18. The van der Waals surface area contributed by atoms with Crippen LogP contribution in [-0.2, 0) is 9.47 Å². The van der Waals surface area contributed by atoms with Crippen molar-refractivity contribution in [2.45, 2.75) is 33.3 Å². The van der Waals surface area contributed by atoms with Crippen LogP contribution in [-0.4, -0.2) is 49.4 Å². The molecule has 0 aromatic heterocycles. The van der Waals surface area contributed by atoms with Gasteiger partial charge in [-0.3, -0.25) is 10.2 Å². The maximum atomic E-state index is 11.8. The van der Waals surface area contributed by atoms with E-state index in [0.29, 0.717) is 0 Å². The molecule has 1 saturated heterocycles. The molecular formula is C19H26N2O3. The van der Waals surface area contributed by atoms with Crippen molar-refractivity contribution in [3.8, 4) is 11.8 Å². The van der Waals surface area contributed by atoms with Gasteiger partial charge in [-0.15, -0.1) is 0 Å². The minimum Gasteiger partial charge on any atom is -0.444 e. The fourth-order valence-electron chi connectivity index (χ4n) is 2.31. The topological polar surface area (TPSA) is 50.8 Å². The van der Waals surface area contributed by atoms with Crippen molar-refractivity contribution < 1.29 is 14.3 Å². The van der Waals surface area contributed by atoms with E-state index in [1.165, 1.54) is 0 Å². The van der Waals surface area contributed by atoms with Crippen LogP contribution in [0.25, 0.3) is 0 Å². The molecule has 0 atom stereocenters. The van der Waals surface area contributed by atoms with Crippen molar-refractivity contribution in [3.05, 3.63) is 29.3 Å². The molecule has 0 unspecified atom stereocenters. The van der Waals surface area contributed by atoms with E-state index in [9.17, 15) is 4.79 Å². The summed E-state index contributed by atoms with van der Waals surface area (Å²) in [6, 6.07) is 5.74. The molecule has 1 heterocycles. The predicted molar refractivity (Wildman–Crippen MR) is 95.2 cm³/mol. The Morgan fingerprint density at radius 2 is 2.04 bits per heavy atom. The number of hydrogen-bond acceptors (Lipinski definition) is 4. The average molecular weight is 330 g/mol. The van der Waals surface area contributed by atoms with Crippen LogP contribution in [0.5, 0.6) is 0 Å². The maximum Gasteiger partial charge on any atom is 0.412 e. The molecule has 1 aromatic rings. The summed E-state index contributed by atoms with van der Waals surface area (Å²) in [5.74, 6) is 6.37. The molecule has 0 radical (unpaired) electrons. The summed E-state index contributed by atoms with van der Waals surface area (Å²) in [6.07, 6.45) is -0.447. The molecule has 1 amide bonds. The van der Waals surface area contributed by atoms with E-state index in [1.807, 2.05) is 45.9 Å². The normalized spacial score (nSPS) is 15.3. The van der Waals surface area contributed by atoms with Gasteiger partial charge in [0.05, 0.1) is 19.8 Å². The van der Waals surface area contributed by atoms with E-state index >= 15 is 0 Å². The van der Waals surface area contributed by atoms with Crippen LogP contribution >= 0.6 is 0 Å². The van der Waals surface area contributed by atoms with Crippen LogP contribution in [0.4, 0.5) is 10.5 Å². The summed E-state index contributed by atoms with van der Waals surface area (Å²) in [6.45, 7) is 11.7. The highest BCUT2D eigenvalue weighted by Gasteiger charge is 2.16. The number of hydrogen-bond donors (Lipinski definition) is 1. The first-order valence-electron chi connectivity index (χ1n) is 8.23. The molecule has 1 aliphatic heterocycles. The van der Waals surface area contributed by atoms with Crippen LogP contribution in [0.1, 0.15) is 31.9 Å². The maximum absolute atomic E-state index is 11.8. The standard InChI is InChI=1S/C19H26N2O3/c1-15-14-16(6-5-9-21-10-12-23-13-11-21)7-8-17(15)20-18(22)24-19(2,3)4/h7-8,14H,9-13H2,1-4H3,(H,20,22). The van der Waals surface area contributed by atoms with Gasteiger partial charge in [0.2, 0.25) is 0 Å². The lowest BCUT2D eigenvalue weighted by atomic mass is 10.1. The third-order valence-electron chi connectivity index (χ3n) is 3.50. The van der Waals surface area contributed by atoms with Gasteiger partial charge in [-0.2, -0.15) is 0 Å². The fourth-order valence-corrected chi connectivity index (χ4v) is 2.31. The molecular weight excluding hydrogens is 304 g/mol. The second-order valence-corrected chi connectivity index (χ2v) is 6.85. The highest BCUT2D eigenvalue weighted by atomic mass is 16.6. The monoisotopic (exact) mass is 330 g/mol. The zero-order valence-corrected chi connectivity index (χ0v) is 14.9. The number of anilines is 1. The van der Waals surface area contributed by atoms with Crippen molar-refractivity contribution in [3.63, 3.8) is 0 Å². The third-order valence-corrected chi connectivity index (χ3v) is 3.50. The molecule has 0 bridgehead atoms. The first-order chi connectivity index (χ1) is 11.3. The summed E-state index contributed by atoms with van der Waals surface area (Å²) in [5.41, 5.74) is 2.13. The number of benzene rings is 1. The van der Waals surface area contributed by atoms with Crippen molar-refractivity contribution in [2.24, 2.45) is 0 Å². The SMILES string of the molecule is Cc1cc(C#CCN2CCOCC2)ccc1NC(=O)OC(C)(C)C. The first-order valence-corrected chi connectivity index (χ1v) is 8.23. The van der Waals surface area contributed by atoms with Crippen molar-refractivity contribution >= 4 is 11.8 Å². The fraction of sp³-hybridized carbons (Fsp3) is 0.526. The molecule has 0 spiro atoms. The predicted octanol–water partition coefficient (Wildman–Crippen LogP) is 3.03. The molecule has 0 saturated carbocycles. The average Bonchev–Trinajstić information content (AvgIpc) is 2.49. The molecule has 1 aliphatic rings. The largest absolute Gasteiger partial charge is 0.444 e. The Bertz CT molecular complexity index is 632. The molecule has 130 valence electrons. The van der Waals surface area contributed by atoms with Gasteiger partial charge in [0.1, 0.15) is 5.60 Å². The Kier molecular flexibility index (Phi) is 6.24. The Hall–Kier alpha value is -2.03. The van der Waals surface area contributed by atoms with Crippen molar-refractivity contribution in [1.82, 2.24) is 4.90 Å². The minimum atomic E-state index is -0.511. The summed E-state index contributed by atoms with van der Waals surface area (Å²) in [4.78, 5) is 14.1. The van der Waals surface area contributed by atoms with Gasteiger partial charge in [0, 0.05) is 24.3 Å². The number of aryl methyl sites for hydroxylation is 1. The highest BCUT2D eigenvalue weighted by molar-refractivity contribution is 5.86. The molecule has 24 heavy (non-hydrogen) atoms. The van der Waals surface area contributed by atoms with E-state index in [0.717, 1.165) is 49.7 Å². The molecule has 1 N–H and O–H groups in total. The summed E-state index contributed by atoms with van der Waals surface area (Å²) in [7, 11) is 0. The van der Waals surface area contributed by atoms with Gasteiger partial charge in [0.25, 0.3) is 0 Å². The number of carbonyl (C=O) groups is 1. The van der Waals surface area contributed by atoms with Gasteiger partial charge >= 0.3 is 6.09 Å². The van der Waals surface area contributed by atoms with Crippen molar-refractivity contribution in [1.29, 1.82) is 0 Å². The smallest absolute Gasteiger partial charge is 0.412 e. The molecule has 0 aliphatic carbocycles. The van der Waals surface area contributed by atoms with Gasteiger partial charge in [-0.05, 0) is 51.5 Å². The van der Waals surface area contributed by atoms with Gasteiger partial charge in [-0.25, -0.2) is 4.79 Å². The Labute approximate surface area is 144 Å². The first kappa shape index (κ1) is 18.3. The number of ether oxygens (including phenoxy) is 2. The Morgan fingerprint density at radius 1 is 1.33 bits per heavy atom. The minimum absolute atomic E-state index is 0.447. The quantitative estimate of drug-likeness (QED) is 0.847. The van der Waals surface area contributed by atoms with Gasteiger partial charge in [0.15, 0.2) is 0 Å². The number of rotatable bonds is 2. The molecule has 2 rings (SSSR count). The zero-order valence-electron chi connectivity index (χ0n) is 14.9.